The van der Waals surface area contributed by atoms with Crippen LogP contribution in [-0.2, 0) is 4.74 Å². The second kappa shape index (κ2) is 6.45. The van der Waals surface area contributed by atoms with Crippen LogP contribution in [0.3, 0.4) is 0 Å². The number of hydrogen-bond acceptors (Lipinski definition) is 2. The Bertz CT molecular complexity index is 187. The third-order valence-electron chi connectivity index (χ3n) is 2.62. The van der Waals surface area contributed by atoms with E-state index in [0.29, 0.717) is 18.9 Å². The predicted octanol–water partition coefficient (Wildman–Crippen LogP) is 2.97. The van der Waals surface area contributed by atoms with E-state index >= 15 is 0 Å². The summed E-state index contributed by atoms with van der Waals surface area (Å²) in [6.07, 6.45) is -2.80. The van der Waals surface area contributed by atoms with Gasteiger partial charge in [-0.1, -0.05) is 20.8 Å². The van der Waals surface area contributed by atoms with Gasteiger partial charge in [0, 0.05) is 6.61 Å². The maximum absolute atomic E-state index is 11.8. The van der Waals surface area contributed by atoms with Crippen LogP contribution in [0, 0.1) is 11.3 Å². The van der Waals surface area contributed by atoms with Gasteiger partial charge in [0.1, 0.15) is 6.61 Å². The highest BCUT2D eigenvalue weighted by Gasteiger charge is 2.27. The van der Waals surface area contributed by atoms with Gasteiger partial charge in [0.2, 0.25) is 0 Å². The molecule has 5 heteroatoms. The van der Waals surface area contributed by atoms with E-state index in [1.54, 1.807) is 0 Å². The van der Waals surface area contributed by atoms with Gasteiger partial charge >= 0.3 is 6.18 Å². The van der Waals surface area contributed by atoms with E-state index < -0.39 is 12.8 Å². The first-order valence-electron chi connectivity index (χ1n) is 5.51. The van der Waals surface area contributed by atoms with Crippen molar-refractivity contribution in [2.45, 2.75) is 39.8 Å². The lowest BCUT2D eigenvalue weighted by Crippen LogP contribution is -2.28. The van der Waals surface area contributed by atoms with Gasteiger partial charge in [0.15, 0.2) is 0 Å². The van der Waals surface area contributed by atoms with Gasteiger partial charge in [-0.3, -0.25) is 0 Å². The average molecular weight is 241 g/mol. The first kappa shape index (κ1) is 15.7. The van der Waals surface area contributed by atoms with Crippen molar-refractivity contribution >= 4 is 0 Å². The molecule has 16 heavy (non-hydrogen) atoms. The molecule has 0 fully saturated rings. The second-order valence-electron chi connectivity index (χ2n) is 5.11. The maximum Gasteiger partial charge on any atom is 0.411 e. The molecule has 1 unspecified atom stereocenters. The van der Waals surface area contributed by atoms with Gasteiger partial charge in [-0.15, -0.1) is 0 Å². The number of hydrogen-bond donors (Lipinski definition) is 1. The molecule has 0 aliphatic rings. The Morgan fingerprint density at radius 3 is 2.12 bits per heavy atom. The Morgan fingerprint density at radius 2 is 1.75 bits per heavy atom. The average Bonchev–Trinajstić information content (AvgIpc) is 2.07. The molecule has 0 aromatic carbocycles. The van der Waals surface area contributed by atoms with Crippen LogP contribution in [0.1, 0.15) is 33.6 Å². The molecular formula is C11H22F3NO. The summed E-state index contributed by atoms with van der Waals surface area (Å²) >= 11 is 0. The summed E-state index contributed by atoms with van der Waals surface area (Å²) in [4.78, 5) is 0. The first-order chi connectivity index (χ1) is 7.17. The smallest absolute Gasteiger partial charge is 0.372 e. The van der Waals surface area contributed by atoms with Crippen molar-refractivity contribution in [2.24, 2.45) is 17.1 Å². The van der Waals surface area contributed by atoms with Crippen molar-refractivity contribution < 1.29 is 17.9 Å². The van der Waals surface area contributed by atoms with Crippen molar-refractivity contribution in [1.29, 1.82) is 0 Å². The second-order valence-corrected chi connectivity index (χ2v) is 5.11. The highest BCUT2D eigenvalue weighted by atomic mass is 19.4. The summed E-state index contributed by atoms with van der Waals surface area (Å²) in [5.74, 6) is 0.321. The van der Waals surface area contributed by atoms with Crippen LogP contribution in [0.15, 0.2) is 0 Å². The molecule has 0 heterocycles. The topological polar surface area (TPSA) is 35.2 Å². The quantitative estimate of drug-likeness (QED) is 0.726. The first-order valence-corrected chi connectivity index (χ1v) is 5.51. The normalized spacial score (nSPS) is 15.2. The third-order valence-corrected chi connectivity index (χ3v) is 2.62. The molecule has 0 aromatic heterocycles. The summed E-state index contributed by atoms with van der Waals surface area (Å²) in [5, 5.41) is 0. The Labute approximate surface area is 95.3 Å². The van der Waals surface area contributed by atoms with Crippen LogP contribution in [0.5, 0.6) is 0 Å². The number of ether oxygens (including phenoxy) is 1. The van der Waals surface area contributed by atoms with E-state index in [2.05, 4.69) is 25.5 Å². The molecule has 2 nitrogen and oxygen atoms in total. The molecule has 0 spiro atoms. The minimum absolute atomic E-state index is 0.0960. The van der Waals surface area contributed by atoms with Crippen molar-refractivity contribution in [3.8, 4) is 0 Å². The largest absolute Gasteiger partial charge is 0.411 e. The Hall–Kier alpha value is -0.290. The zero-order valence-corrected chi connectivity index (χ0v) is 10.2. The van der Waals surface area contributed by atoms with E-state index in [-0.39, 0.29) is 12.0 Å². The fourth-order valence-electron chi connectivity index (χ4n) is 1.52. The zero-order chi connectivity index (χ0) is 12.8. The van der Waals surface area contributed by atoms with E-state index in [1.807, 2.05) is 0 Å². The van der Waals surface area contributed by atoms with E-state index in [0.717, 1.165) is 6.42 Å². The van der Waals surface area contributed by atoms with Gasteiger partial charge in [-0.2, -0.15) is 13.2 Å². The summed E-state index contributed by atoms with van der Waals surface area (Å²) in [7, 11) is 0. The summed E-state index contributed by atoms with van der Waals surface area (Å²) in [6, 6.07) is 0. The van der Waals surface area contributed by atoms with Gasteiger partial charge < -0.3 is 10.5 Å². The van der Waals surface area contributed by atoms with Crippen LogP contribution in [0.2, 0.25) is 0 Å². The van der Waals surface area contributed by atoms with Crippen LogP contribution >= 0.6 is 0 Å². The van der Waals surface area contributed by atoms with Crippen LogP contribution in [0.25, 0.3) is 0 Å². The Kier molecular flexibility index (Phi) is 6.33. The molecule has 0 aromatic rings. The van der Waals surface area contributed by atoms with E-state index in [4.69, 9.17) is 5.73 Å². The molecule has 0 radical (unpaired) electrons. The molecular weight excluding hydrogens is 219 g/mol. The zero-order valence-electron chi connectivity index (χ0n) is 10.2. The Morgan fingerprint density at radius 1 is 1.19 bits per heavy atom. The number of halogens is 3. The molecule has 0 aliphatic carbocycles. The van der Waals surface area contributed by atoms with Crippen molar-refractivity contribution in [2.75, 3.05) is 19.8 Å². The maximum atomic E-state index is 11.8. The molecule has 0 rings (SSSR count). The van der Waals surface area contributed by atoms with Crippen LogP contribution < -0.4 is 5.73 Å². The summed E-state index contributed by atoms with van der Waals surface area (Å²) < 4.78 is 39.8. The van der Waals surface area contributed by atoms with Crippen LogP contribution in [0.4, 0.5) is 13.2 Å². The lowest BCUT2D eigenvalue weighted by molar-refractivity contribution is -0.174. The standard InChI is InChI=1S/C11H22F3NO/c1-10(2,3)9(7-15)5-4-6-16-8-11(12,13)14/h9H,4-8,15H2,1-3H3. The summed E-state index contributed by atoms with van der Waals surface area (Å²) in [5.41, 5.74) is 5.72. The van der Waals surface area contributed by atoms with Gasteiger partial charge in [-0.25, -0.2) is 0 Å². The Balaban J connectivity index is 3.65. The minimum atomic E-state index is -4.22. The van der Waals surface area contributed by atoms with Gasteiger partial charge in [0.05, 0.1) is 0 Å². The predicted molar refractivity (Wildman–Crippen MR) is 58.1 cm³/mol. The van der Waals surface area contributed by atoms with Crippen molar-refractivity contribution in [1.82, 2.24) is 0 Å². The molecule has 0 saturated heterocycles. The van der Waals surface area contributed by atoms with Crippen molar-refractivity contribution in [3.05, 3.63) is 0 Å². The van der Waals surface area contributed by atoms with Crippen molar-refractivity contribution in [3.63, 3.8) is 0 Å². The van der Waals surface area contributed by atoms with Gasteiger partial charge in [0.25, 0.3) is 0 Å². The van der Waals surface area contributed by atoms with Crippen LogP contribution in [-0.4, -0.2) is 25.9 Å². The highest BCUT2D eigenvalue weighted by molar-refractivity contribution is 4.74. The van der Waals surface area contributed by atoms with Gasteiger partial charge in [-0.05, 0) is 30.7 Å². The molecule has 0 bridgehead atoms. The molecule has 2 N–H and O–H groups in total. The molecule has 0 saturated carbocycles. The fraction of sp³-hybridized carbons (Fsp3) is 1.00. The number of nitrogens with two attached hydrogens (primary N) is 1. The number of alkyl halides is 3. The number of rotatable bonds is 6. The molecule has 0 aliphatic heterocycles. The molecule has 0 amide bonds. The monoisotopic (exact) mass is 241 g/mol. The lowest BCUT2D eigenvalue weighted by Gasteiger charge is -2.29. The summed E-state index contributed by atoms with van der Waals surface area (Å²) in [6.45, 7) is 5.80. The lowest BCUT2D eigenvalue weighted by atomic mass is 9.78. The van der Waals surface area contributed by atoms with E-state index in [9.17, 15) is 13.2 Å². The third kappa shape index (κ3) is 7.93. The highest BCUT2D eigenvalue weighted by Crippen LogP contribution is 2.28. The molecule has 1 atom stereocenters. The molecule has 98 valence electrons. The fourth-order valence-corrected chi connectivity index (χ4v) is 1.52. The SMILES string of the molecule is CC(C)(C)C(CN)CCCOCC(F)(F)F. The minimum Gasteiger partial charge on any atom is -0.372 e. The van der Waals surface area contributed by atoms with E-state index in [1.165, 1.54) is 0 Å².